The van der Waals surface area contributed by atoms with Crippen molar-refractivity contribution in [2.75, 3.05) is 15.5 Å². The van der Waals surface area contributed by atoms with Crippen molar-refractivity contribution in [1.82, 2.24) is 0 Å². The Hall–Kier alpha value is -3.09. The molecule has 2 heterocycles. The van der Waals surface area contributed by atoms with E-state index in [4.69, 9.17) is 28.2 Å². The topological polar surface area (TPSA) is 57.5 Å². The minimum Gasteiger partial charge on any atom is -0.467 e. The molecule has 168 valence electrons. The highest BCUT2D eigenvalue weighted by molar-refractivity contribution is 7.80. The Morgan fingerprint density at radius 1 is 1.15 bits per heavy atom. The Labute approximate surface area is 203 Å². The number of carbonyl (C=O) groups is 1. The maximum absolute atomic E-state index is 13.6. The largest absolute Gasteiger partial charge is 0.467 e. The minimum absolute atomic E-state index is 0.0958. The van der Waals surface area contributed by atoms with Crippen LogP contribution in [0.1, 0.15) is 38.5 Å². The lowest BCUT2D eigenvalue weighted by Crippen LogP contribution is -2.41. The van der Waals surface area contributed by atoms with E-state index < -0.39 is 6.04 Å². The molecule has 3 aromatic rings. The molecule has 5 rings (SSSR count). The van der Waals surface area contributed by atoms with Crippen LogP contribution in [0, 0.1) is 5.41 Å². The standard InChI is InChI=1S/C26H24ClN3O2S/c1-26(2)14-19-23(21(31)15-26)24(22-11-6-12-32-22)30(20-10-4-3-9-18(20)29-19)25(33)28-17-8-5-7-16(27)13-17/h3-13,24,29H,14-15H2,1-2H3,(H,28,33). The lowest BCUT2D eigenvalue weighted by atomic mass is 9.74. The van der Waals surface area contributed by atoms with Crippen molar-refractivity contribution in [1.29, 1.82) is 0 Å². The third-order valence-corrected chi connectivity index (χ3v) is 6.54. The van der Waals surface area contributed by atoms with Crippen molar-refractivity contribution in [3.05, 3.63) is 89.0 Å². The van der Waals surface area contributed by atoms with E-state index in [0.29, 0.717) is 27.9 Å². The normalized spacial score (nSPS) is 19.3. The number of furan rings is 1. The molecular formula is C26H24ClN3O2S. The van der Waals surface area contributed by atoms with Gasteiger partial charge in [0.25, 0.3) is 0 Å². The van der Waals surface area contributed by atoms with Crippen LogP contribution in [0.3, 0.4) is 0 Å². The highest BCUT2D eigenvalue weighted by Gasteiger charge is 2.43. The number of anilines is 3. The molecule has 0 amide bonds. The second-order valence-electron chi connectivity index (χ2n) is 9.20. The molecule has 1 unspecified atom stereocenters. The van der Waals surface area contributed by atoms with Crippen LogP contribution >= 0.6 is 23.8 Å². The van der Waals surface area contributed by atoms with Crippen molar-refractivity contribution in [3.8, 4) is 0 Å². The van der Waals surface area contributed by atoms with Crippen LogP contribution in [0.2, 0.25) is 5.02 Å². The molecule has 2 aliphatic rings. The van der Waals surface area contributed by atoms with Gasteiger partial charge in [-0.3, -0.25) is 4.79 Å². The number of Topliss-reactive ketones (excluding diaryl/α,β-unsaturated/α-hetero) is 1. The van der Waals surface area contributed by atoms with E-state index in [9.17, 15) is 4.79 Å². The molecule has 0 saturated heterocycles. The molecule has 0 bridgehead atoms. The maximum Gasteiger partial charge on any atom is 0.178 e. The molecule has 5 nitrogen and oxygen atoms in total. The molecule has 1 aromatic heterocycles. The average Bonchev–Trinajstić information content (AvgIpc) is 3.22. The number of ketones is 1. The Balaban J connectivity index is 1.69. The lowest BCUT2D eigenvalue weighted by Gasteiger charge is -2.37. The average molecular weight is 478 g/mol. The number of thiocarbonyl (C=S) groups is 1. The van der Waals surface area contributed by atoms with E-state index in [-0.39, 0.29) is 11.2 Å². The van der Waals surface area contributed by atoms with Crippen LogP contribution in [0.25, 0.3) is 0 Å². The Bertz CT molecular complexity index is 1270. The smallest absolute Gasteiger partial charge is 0.178 e. The number of carbonyl (C=O) groups excluding carboxylic acids is 1. The number of nitrogens with zero attached hydrogens (tertiary/aromatic N) is 1. The van der Waals surface area contributed by atoms with Gasteiger partial charge in [-0.05, 0) is 66.5 Å². The molecule has 2 N–H and O–H groups in total. The summed E-state index contributed by atoms with van der Waals surface area (Å²) in [5, 5.41) is 7.93. The summed E-state index contributed by atoms with van der Waals surface area (Å²) in [5.74, 6) is 0.753. The molecule has 1 atom stereocenters. The van der Waals surface area contributed by atoms with E-state index >= 15 is 0 Å². The zero-order valence-corrected chi connectivity index (χ0v) is 20.0. The van der Waals surface area contributed by atoms with Gasteiger partial charge in [-0.15, -0.1) is 0 Å². The number of allylic oxidation sites excluding steroid dienone is 1. The first kappa shape index (κ1) is 21.7. The monoisotopic (exact) mass is 477 g/mol. The van der Waals surface area contributed by atoms with Gasteiger partial charge in [0.15, 0.2) is 10.9 Å². The molecule has 1 aliphatic carbocycles. The third kappa shape index (κ3) is 4.16. The highest BCUT2D eigenvalue weighted by Crippen LogP contribution is 2.48. The number of fused-ring (bicyclic) bond motifs is 1. The minimum atomic E-state index is -0.506. The maximum atomic E-state index is 13.6. The highest BCUT2D eigenvalue weighted by atomic mass is 35.5. The van der Waals surface area contributed by atoms with Crippen LogP contribution in [-0.2, 0) is 4.79 Å². The summed E-state index contributed by atoms with van der Waals surface area (Å²) in [7, 11) is 0. The van der Waals surface area contributed by atoms with Crippen molar-refractivity contribution < 1.29 is 9.21 Å². The zero-order valence-electron chi connectivity index (χ0n) is 18.4. The first-order valence-corrected chi connectivity index (χ1v) is 11.6. The SMILES string of the molecule is CC1(C)CC(=O)C2=C(C1)Nc1ccccc1N(C(=S)Nc1cccc(Cl)c1)C2c1ccco1. The summed E-state index contributed by atoms with van der Waals surface area (Å²) in [6.07, 6.45) is 2.84. The fraction of sp³-hybridized carbons (Fsp3) is 0.231. The van der Waals surface area contributed by atoms with E-state index in [1.165, 1.54) is 0 Å². The lowest BCUT2D eigenvalue weighted by molar-refractivity contribution is -0.118. The van der Waals surface area contributed by atoms with Gasteiger partial charge in [0.1, 0.15) is 11.8 Å². The molecule has 0 radical (unpaired) electrons. The zero-order chi connectivity index (χ0) is 23.2. The van der Waals surface area contributed by atoms with Gasteiger partial charge in [-0.25, -0.2) is 0 Å². The second kappa shape index (κ2) is 8.36. The Kier molecular flexibility index (Phi) is 5.51. The first-order valence-electron chi connectivity index (χ1n) is 10.8. The van der Waals surface area contributed by atoms with E-state index in [1.807, 2.05) is 65.6 Å². The van der Waals surface area contributed by atoms with E-state index in [1.54, 1.807) is 6.26 Å². The number of benzene rings is 2. The number of hydrogen-bond donors (Lipinski definition) is 2. The van der Waals surface area contributed by atoms with Crippen molar-refractivity contribution in [2.45, 2.75) is 32.7 Å². The number of hydrogen-bond acceptors (Lipinski definition) is 4. The molecule has 2 aromatic carbocycles. The first-order chi connectivity index (χ1) is 15.8. The molecule has 33 heavy (non-hydrogen) atoms. The van der Waals surface area contributed by atoms with Gasteiger partial charge in [-0.1, -0.05) is 43.6 Å². The molecule has 0 spiro atoms. The van der Waals surface area contributed by atoms with Gasteiger partial charge in [0.2, 0.25) is 0 Å². The number of para-hydroxylation sites is 2. The summed E-state index contributed by atoms with van der Waals surface area (Å²) in [5.41, 5.74) is 3.98. The van der Waals surface area contributed by atoms with Crippen molar-refractivity contribution in [2.24, 2.45) is 5.41 Å². The van der Waals surface area contributed by atoms with Gasteiger partial charge in [0, 0.05) is 28.4 Å². The van der Waals surface area contributed by atoms with Crippen molar-refractivity contribution in [3.63, 3.8) is 0 Å². The van der Waals surface area contributed by atoms with Crippen LogP contribution in [0.15, 0.2) is 82.6 Å². The fourth-order valence-corrected chi connectivity index (χ4v) is 5.19. The van der Waals surface area contributed by atoms with Crippen LogP contribution in [0.4, 0.5) is 17.1 Å². The number of rotatable bonds is 2. The van der Waals surface area contributed by atoms with Gasteiger partial charge < -0.3 is 20.0 Å². The van der Waals surface area contributed by atoms with Crippen LogP contribution < -0.4 is 15.5 Å². The van der Waals surface area contributed by atoms with Gasteiger partial charge in [-0.2, -0.15) is 0 Å². The summed E-state index contributed by atoms with van der Waals surface area (Å²) in [4.78, 5) is 15.5. The fourth-order valence-electron chi connectivity index (χ4n) is 4.68. The summed E-state index contributed by atoms with van der Waals surface area (Å²) < 4.78 is 5.88. The molecule has 0 fully saturated rings. The van der Waals surface area contributed by atoms with E-state index in [0.717, 1.165) is 29.2 Å². The predicted molar refractivity (Wildman–Crippen MR) is 137 cm³/mol. The third-order valence-electron chi connectivity index (χ3n) is 6.01. The van der Waals surface area contributed by atoms with Crippen LogP contribution in [0.5, 0.6) is 0 Å². The molecule has 7 heteroatoms. The molecular weight excluding hydrogens is 454 g/mol. The Morgan fingerprint density at radius 2 is 1.97 bits per heavy atom. The summed E-state index contributed by atoms with van der Waals surface area (Å²) in [6.45, 7) is 4.25. The second-order valence-corrected chi connectivity index (χ2v) is 10.0. The van der Waals surface area contributed by atoms with Crippen molar-refractivity contribution >= 4 is 51.8 Å². The number of nitrogens with one attached hydrogen (secondary N) is 2. The molecule has 0 saturated carbocycles. The predicted octanol–water partition coefficient (Wildman–Crippen LogP) is 6.95. The van der Waals surface area contributed by atoms with Gasteiger partial charge >= 0.3 is 0 Å². The summed E-state index contributed by atoms with van der Waals surface area (Å²) in [6, 6.07) is 18.6. The molecule has 1 aliphatic heterocycles. The van der Waals surface area contributed by atoms with Gasteiger partial charge in [0.05, 0.1) is 17.6 Å². The van der Waals surface area contributed by atoms with E-state index in [2.05, 4.69) is 24.5 Å². The summed E-state index contributed by atoms with van der Waals surface area (Å²) >= 11 is 12.1. The Morgan fingerprint density at radius 3 is 2.73 bits per heavy atom. The van der Waals surface area contributed by atoms with Crippen LogP contribution in [-0.4, -0.2) is 10.9 Å². The quantitative estimate of drug-likeness (QED) is 0.389. The number of halogens is 1.